The number of hydrogen-bond donors (Lipinski definition) is 1. The van der Waals surface area contributed by atoms with Crippen molar-refractivity contribution >= 4 is 7.82 Å². The first kappa shape index (κ1) is 15.1. The second-order valence-corrected chi connectivity index (χ2v) is 6.18. The highest BCUT2D eigenvalue weighted by Gasteiger charge is 2.35. The van der Waals surface area contributed by atoms with E-state index in [1.54, 1.807) is 27.7 Å². The largest absolute Gasteiger partial charge is 0.473 e. The lowest BCUT2D eigenvalue weighted by Crippen LogP contribution is -2.27. The summed E-state index contributed by atoms with van der Waals surface area (Å²) in [6.07, 6.45) is 1.29. The Kier molecular flexibility index (Phi) is 5.00. The van der Waals surface area contributed by atoms with Gasteiger partial charge < -0.3 is 4.89 Å². The van der Waals surface area contributed by atoms with E-state index in [0.29, 0.717) is 12.8 Å². The first-order chi connectivity index (χ1) is 6.54. The van der Waals surface area contributed by atoms with Crippen LogP contribution in [0.3, 0.4) is 0 Å². The van der Waals surface area contributed by atoms with E-state index >= 15 is 0 Å². The van der Waals surface area contributed by atoms with Crippen molar-refractivity contribution in [1.82, 2.24) is 0 Å². The summed E-state index contributed by atoms with van der Waals surface area (Å²) < 4.78 is 21.9. The highest BCUT2D eigenvalue weighted by Crippen LogP contribution is 2.51. The van der Waals surface area contributed by atoms with Crippen LogP contribution in [0.2, 0.25) is 0 Å². The van der Waals surface area contributed by atoms with E-state index < -0.39 is 19.0 Å². The molecule has 15 heavy (non-hydrogen) atoms. The zero-order chi connectivity index (χ0) is 12.3. The Bertz CT molecular complexity index is 226. The van der Waals surface area contributed by atoms with Gasteiger partial charge in [-0.1, -0.05) is 13.8 Å². The quantitative estimate of drug-likeness (QED) is 0.719. The molecule has 0 aromatic heterocycles. The summed E-state index contributed by atoms with van der Waals surface area (Å²) in [5, 5.41) is 0. The van der Waals surface area contributed by atoms with Crippen molar-refractivity contribution in [3.05, 3.63) is 0 Å². The Balaban J connectivity index is 4.51. The molecule has 1 N–H and O–H groups in total. The lowest BCUT2D eigenvalue weighted by molar-refractivity contribution is 0.000916. The van der Waals surface area contributed by atoms with Crippen molar-refractivity contribution in [3.8, 4) is 0 Å². The van der Waals surface area contributed by atoms with Crippen molar-refractivity contribution in [3.63, 3.8) is 0 Å². The minimum Gasteiger partial charge on any atom is -0.302 e. The summed E-state index contributed by atoms with van der Waals surface area (Å²) in [5.41, 5.74) is -1.29. The topological polar surface area (TPSA) is 55.8 Å². The van der Waals surface area contributed by atoms with E-state index in [2.05, 4.69) is 0 Å². The molecule has 0 saturated heterocycles. The Labute approximate surface area is 92.6 Å². The molecule has 0 aliphatic carbocycles. The zero-order valence-electron chi connectivity index (χ0n) is 10.5. The van der Waals surface area contributed by atoms with Crippen LogP contribution in [0.5, 0.6) is 0 Å². The van der Waals surface area contributed by atoms with Gasteiger partial charge in [0.1, 0.15) is 0 Å². The molecule has 0 aromatic carbocycles. The van der Waals surface area contributed by atoms with E-state index in [-0.39, 0.29) is 0 Å². The Morgan fingerprint density at radius 2 is 1.27 bits per heavy atom. The average molecular weight is 238 g/mol. The van der Waals surface area contributed by atoms with Crippen LogP contribution in [0.25, 0.3) is 0 Å². The average Bonchev–Trinajstić information content (AvgIpc) is 2.00. The first-order valence-corrected chi connectivity index (χ1v) is 6.77. The molecule has 5 heteroatoms. The second kappa shape index (κ2) is 4.96. The van der Waals surface area contributed by atoms with Crippen molar-refractivity contribution < 1.29 is 18.5 Å². The van der Waals surface area contributed by atoms with E-state index in [1.165, 1.54) is 0 Å². The van der Waals surface area contributed by atoms with Gasteiger partial charge in [0.05, 0.1) is 11.2 Å². The number of phosphoric acid groups is 1. The molecule has 0 spiro atoms. The molecule has 0 heterocycles. The summed E-state index contributed by atoms with van der Waals surface area (Å²) in [4.78, 5) is 9.56. The van der Waals surface area contributed by atoms with Gasteiger partial charge in [-0.2, -0.15) is 0 Å². The maximum absolute atomic E-state index is 11.7. The molecule has 0 aromatic rings. The molecule has 92 valence electrons. The normalized spacial score (nSPS) is 14.3. The SMILES string of the molecule is CCC(C)(C)OP(=O)(O)OC(C)(C)CC. The molecule has 0 fully saturated rings. The Morgan fingerprint density at radius 1 is 1.00 bits per heavy atom. The standard InChI is InChI=1S/C10H23O4P/c1-7-9(3,4)13-15(11,12)14-10(5,6)8-2/h7-8H2,1-6H3,(H,11,12). The molecule has 0 aliphatic heterocycles. The molecule has 0 saturated carbocycles. The highest BCUT2D eigenvalue weighted by atomic mass is 31.2. The number of phosphoric ester groups is 1. The molecule has 4 nitrogen and oxygen atoms in total. The summed E-state index contributed by atoms with van der Waals surface area (Å²) in [7, 11) is -3.97. The third-order valence-corrected chi connectivity index (χ3v) is 3.88. The third-order valence-electron chi connectivity index (χ3n) is 2.43. The van der Waals surface area contributed by atoms with Crippen LogP contribution >= 0.6 is 7.82 Å². The van der Waals surface area contributed by atoms with Crippen molar-refractivity contribution in [2.45, 2.75) is 65.6 Å². The molecule has 0 aliphatic rings. The van der Waals surface area contributed by atoms with E-state index in [1.807, 2.05) is 13.8 Å². The van der Waals surface area contributed by atoms with Crippen molar-refractivity contribution in [2.24, 2.45) is 0 Å². The van der Waals surface area contributed by atoms with E-state index in [9.17, 15) is 9.46 Å². The van der Waals surface area contributed by atoms with Crippen molar-refractivity contribution in [1.29, 1.82) is 0 Å². The predicted molar refractivity (Wildman–Crippen MR) is 60.7 cm³/mol. The first-order valence-electron chi connectivity index (χ1n) is 5.28. The van der Waals surface area contributed by atoms with Gasteiger partial charge in [-0.25, -0.2) is 4.57 Å². The molecule has 0 atom stereocenters. The van der Waals surface area contributed by atoms with Crippen LogP contribution in [-0.4, -0.2) is 16.1 Å². The molecule has 0 bridgehead atoms. The summed E-state index contributed by atoms with van der Waals surface area (Å²) in [5.74, 6) is 0. The maximum atomic E-state index is 11.7. The monoisotopic (exact) mass is 238 g/mol. The highest BCUT2D eigenvalue weighted by molar-refractivity contribution is 7.47. The van der Waals surface area contributed by atoms with Gasteiger partial charge in [0, 0.05) is 0 Å². The van der Waals surface area contributed by atoms with E-state index in [4.69, 9.17) is 9.05 Å². The van der Waals surface area contributed by atoms with Crippen LogP contribution in [0, 0.1) is 0 Å². The number of hydrogen-bond acceptors (Lipinski definition) is 3. The van der Waals surface area contributed by atoms with Gasteiger partial charge in [0.15, 0.2) is 0 Å². The summed E-state index contributed by atoms with van der Waals surface area (Å²) >= 11 is 0. The lowest BCUT2D eigenvalue weighted by Gasteiger charge is -2.31. The van der Waals surface area contributed by atoms with Crippen LogP contribution in [-0.2, 0) is 13.6 Å². The third kappa shape index (κ3) is 6.31. The van der Waals surface area contributed by atoms with Gasteiger partial charge in [-0.3, -0.25) is 9.05 Å². The molecular formula is C10H23O4P. The summed E-state index contributed by atoms with van der Waals surface area (Å²) in [6.45, 7) is 10.8. The predicted octanol–water partition coefficient (Wildman–Crippen LogP) is 3.50. The minimum atomic E-state index is -3.97. The van der Waals surface area contributed by atoms with Crippen LogP contribution in [0.1, 0.15) is 54.4 Å². The molecule has 0 unspecified atom stereocenters. The van der Waals surface area contributed by atoms with Crippen LogP contribution in [0.4, 0.5) is 0 Å². The van der Waals surface area contributed by atoms with Gasteiger partial charge in [-0.05, 0) is 40.5 Å². The Hall–Kier alpha value is 0.110. The maximum Gasteiger partial charge on any atom is 0.473 e. The van der Waals surface area contributed by atoms with Gasteiger partial charge >= 0.3 is 7.82 Å². The minimum absolute atomic E-state index is 0.645. The lowest BCUT2D eigenvalue weighted by atomic mass is 10.1. The fourth-order valence-electron chi connectivity index (χ4n) is 0.772. The van der Waals surface area contributed by atoms with Crippen molar-refractivity contribution in [2.75, 3.05) is 0 Å². The molecular weight excluding hydrogens is 215 g/mol. The van der Waals surface area contributed by atoms with Crippen LogP contribution < -0.4 is 0 Å². The van der Waals surface area contributed by atoms with Crippen LogP contribution in [0.15, 0.2) is 0 Å². The van der Waals surface area contributed by atoms with Gasteiger partial charge in [0.2, 0.25) is 0 Å². The zero-order valence-corrected chi connectivity index (χ0v) is 11.4. The fourth-order valence-corrected chi connectivity index (χ4v) is 2.32. The molecule has 0 radical (unpaired) electrons. The fraction of sp³-hybridized carbons (Fsp3) is 1.00. The van der Waals surface area contributed by atoms with Gasteiger partial charge in [0.25, 0.3) is 0 Å². The second-order valence-electron chi connectivity index (χ2n) is 4.88. The summed E-state index contributed by atoms with van der Waals surface area (Å²) in [6, 6.07) is 0. The van der Waals surface area contributed by atoms with Gasteiger partial charge in [-0.15, -0.1) is 0 Å². The van der Waals surface area contributed by atoms with E-state index in [0.717, 1.165) is 0 Å². The smallest absolute Gasteiger partial charge is 0.302 e. The molecule has 0 rings (SSSR count). The molecule has 0 amide bonds. The number of rotatable bonds is 6. The Morgan fingerprint density at radius 3 is 1.47 bits per heavy atom.